The van der Waals surface area contributed by atoms with Gasteiger partial charge in [0.15, 0.2) is 0 Å². The molecule has 1 aliphatic carbocycles. The first-order valence-corrected chi connectivity index (χ1v) is 9.23. The summed E-state index contributed by atoms with van der Waals surface area (Å²) >= 11 is 3.41. The standard InChI is InChI=1S/C18H20BrN3O3/c1-18(2,3)25-17(24)22-13-6-9(13)7-14(22)15-20-12-8-10(19)4-5-11(12)16(23)21-15/h4-5,8-9,13-14H,6-7H2,1-3H3,(H,20,21,23)/t9-,13-,14+/m1/s1. The molecule has 1 saturated carbocycles. The first-order chi connectivity index (χ1) is 11.7. The molecule has 1 aliphatic heterocycles. The second kappa shape index (κ2) is 5.56. The minimum absolute atomic E-state index is 0.183. The van der Waals surface area contributed by atoms with Crippen molar-refractivity contribution in [1.29, 1.82) is 0 Å². The number of carbonyl (C=O) groups excluding carboxylic acids is 1. The molecule has 0 radical (unpaired) electrons. The fourth-order valence-corrected chi connectivity index (χ4v) is 3.92. The predicted molar refractivity (Wildman–Crippen MR) is 97.4 cm³/mol. The fraction of sp³-hybridized carbons (Fsp3) is 0.500. The van der Waals surface area contributed by atoms with Crippen LogP contribution in [0.3, 0.4) is 0 Å². The monoisotopic (exact) mass is 405 g/mol. The molecule has 2 aromatic rings. The van der Waals surface area contributed by atoms with Gasteiger partial charge in [0.25, 0.3) is 5.56 Å². The summed E-state index contributed by atoms with van der Waals surface area (Å²) in [6.07, 6.45) is 1.48. The molecule has 1 aromatic heterocycles. The van der Waals surface area contributed by atoms with E-state index in [-0.39, 0.29) is 23.7 Å². The van der Waals surface area contributed by atoms with Crippen molar-refractivity contribution in [3.63, 3.8) is 0 Å². The van der Waals surface area contributed by atoms with Crippen LogP contribution in [-0.2, 0) is 4.74 Å². The van der Waals surface area contributed by atoms with E-state index < -0.39 is 5.60 Å². The fourth-order valence-electron chi connectivity index (χ4n) is 3.57. The zero-order chi connectivity index (χ0) is 17.9. The van der Waals surface area contributed by atoms with E-state index >= 15 is 0 Å². The minimum atomic E-state index is -0.552. The highest BCUT2D eigenvalue weighted by molar-refractivity contribution is 9.10. The number of hydrogen-bond acceptors (Lipinski definition) is 4. The van der Waals surface area contributed by atoms with Gasteiger partial charge in [-0.15, -0.1) is 0 Å². The first kappa shape index (κ1) is 16.6. The highest BCUT2D eigenvalue weighted by Crippen LogP contribution is 2.53. The SMILES string of the molecule is CC(C)(C)OC(=O)N1[C@@H]2C[C@@H]2C[C@H]1c1nc2cc(Br)ccc2c(=O)[nH]1. The molecular formula is C18H20BrN3O3. The lowest BCUT2D eigenvalue weighted by Crippen LogP contribution is -2.39. The smallest absolute Gasteiger partial charge is 0.411 e. The zero-order valence-corrected chi connectivity index (χ0v) is 16.0. The van der Waals surface area contributed by atoms with E-state index in [4.69, 9.17) is 4.74 Å². The molecule has 2 heterocycles. The van der Waals surface area contributed by atoms with Crippen LogP contribution in [-0.4, -0.2) is 32.6 Å². The van der Waals surface area contributed by atoms with Gasteiger partial charge in [0.2, 0.25) is 0 Å². The lowest BCUT2D eigenvalue weighted by Gasteiger charge is -2.30. The largest absolute Gasteiger partial charge is 0.444 e. The molecular weight excluding hydrogens is 386 g/mol. The van der Waals surface area contributed by atoms with Crippen LogP contribution >= 0.6 is 15.9 Å². The maximum Gasteiger partial charge on any atom is 0.411 e. The molecule has 0 bridgehead atoms. The number of rotatable bonds is 1. The van der Waals surface area contributed by atoms with Gasteiger partial charge in [0, 0.05) is 10.5 Å². The first-order valence-electron chi connectivity index (χ1n) is 8.44. The van der Waals surface area contributed by atoms with Gasteiger partial charge >= 0.3 is 6.09 Å². The lowest BCUT2D eigenvalue weighted by molar-refractivity contribution is 0.0174. The number of hydrogen-bond donors (Lipinski definition) is 1. The average Bonchev–Trinajstić information content (AvgIpc) is 3.14. The maximum atomic E-state index is 12.7. The Bertz CT molecular complexity index is 918. The second-order valence-electron chi connectivity index (χ2n) is 7.81. The van der Waals surface area contributed by atoms with E-state index in [1.165, 1.54) is 0 Å². The van der Waals surface area contributed by atoms with E-state index in [1.807, 2.05) is 32.9 Å². The highest BCUT2D eigenvalue weighted by Gasteiger charge is 2.56. The summed E-state index contributed by atoms with van der Waals surface area (Å²) in [6.45, 7) is 5.57. The molecule has 0 spiro atoms. The number of nitrogens with one attached hydrogen (secondary N) is 1. The Morgan fingerprint density at radius 1 is 1.36 bits per heavy atom. The molecule has 132 valence electrons. The van der Waals surface area contributed by atoms with Gasteiger partial charge < -0.3 is 9.72 Å². The summed E-state index contributed by atoms with van der Waals surface area (Å²) in [5.41, 5.74) is -0.112. The topological polar surface area (TPSA) is 75.3 Å². The summed E-state index contributed by atoms with van der Waals surface area (Å²) in [6, 6.07) is 5.34. The van der Waals surface area contributed by atoms with Crippen LogP contribution in [0.1, 0.15) is 45.5 Å². The molecule has 2 fully saturated rings. The Morgan fingerprint density at radius 2 is 2.12 bits per heavy atom. The predicted octanol–water partition coefficient (Wildman–Crippen LogP) is 3.76. The number of likely N-dealkylation sites (tertiary alicyclic amines) is 1. The molecule has 1 aromatic carbocycles. The normalized spacial score (nSPS) is 25.1. The molecule has 0 unspecified atom stereocenters. The summed E-state index contributed by atoms with van der Waals surface area (Å²) < 4.78 is 6.43. The summed E-state index contributed by atoms with van der Waals surface area (Å²) in [5.74, 6) is 1.01. The second-order valence-corrected chi connectivity index (χ2v) is 8.73. The number of halogens is 1. The Balaban J connectivity index is 1.72. The summed E-state index contributed by atoms with van der Waals surface area (Å²) in [5, 5.41) is 0.541. The minimum Gasteiger partial charge on any atom is -0.444 e. The van der Waals surface area contributed by atoms with Crippen molar-refractivity contribution in [3.8, 4) is 0 Å². The van der Waals surface area contributed by atoms with Crippen LogP contribution in [0.15, 0.2) is 27.5 Å². The van der Waals surface area contributed by atoms with E-state index in [9.17, 15) is 9.59 Å². The number of nitrogens with zero attached hydrogens (tertiary/aromatic N) is 2. The molecule has 1 amide bonds. The number of fused-ring (bicyclic) bond motifs is 2. The molecule has 7 heteroatoms. The van der Waals surface area contributed by atoms with Crippen molar-refractivity contribution in [2.75, 3.05) is 0 Å². The molecule has 25 heavy (non-hydrogen) atoms. The zero-order valence-electron chi connectivity index (χ0n) is 14.4. The van der Waals surface area contributed by atoms with Gasteiger partial charge in [-0.3, -0.25) is 9.69 Å². The van der Waals surface area contributed by atoms with Crippen LogP contribution in [0, 0.1) is 5.92 Å². The van der Waals surface area contributed by atoms with E-state index in [0.717, 1.165) is 17.3 Å². The van der Waals surface area contributed by atoms with Crippen molar-refractivity contribution in [2.45, 2.75) is 51.3 Å². The number of aromatic nitrogens is 2. The molecule has 1 N–H and O–H groups in total. The van der Waals surface area contributed by atoms with Crippen molar-refractivity contribution in [1.82, 2.24) is 14.9 Å². The highest BCUT2D eigenvalue weighted by atomic mass is 79.9. The van der Waals surface area contributed by atoms with E-state index in [1.54, 1.807) is 11.0 Å². The molecule has 2 aliphatic rings. The Morgan fingerprint density at radius 3 is 2.84 bits per heavy atom. The summed E-state index contributed by atoms with van der Waals surface area (Å²) in [4.78, 5) is 34.3. The number of benzene rings is 1. The van der Waals surface area contributed by atoms with Gasteiger partial charge in [-0.1, -0.05) is 15.9 Å². The number of H-pyrrole nitrogens is 1. The lowest BCUT2D eigenvalue weighted by atomic mass is 10.1. The van der Waals surface area contributed by atoms with Crippen LogP contribution in [0.25, 0.3) is 10.9 Å². The molecule has 4 rings (SSSR count). The Kier molecular flexibility index (Phi) is 3.68. The van der Waals surface area contributed by atoms with Gasteiger partial charge in [0.05, 0.1) is 16.9 Å². The number of aromatic amines is 1. The molecule has 1 saturated heterocycles. The van der Waals surface area contributed by atoms with Crippen molar-refractivity contribution >= 4 is 32.9 Å². The van der Waals surface area contributed by atoms with Gasteiger partial charge in [-0.25, -0.2) is 9.78 Å². The Hall–Kier alpha value is -1.89. The van der Waals surface area contributed by atoms with Crippen molar-refractivity contribution in [3.05, 3.63) is 38.9 Å². The van der Waals surface area contributed by atoms with Crippen LogP contribution in [0.2, 0.25) is 0 Å². The van der Waals surface area contributed by atoms with Crippen LogP contribution < -0.4 is 5.56 Å². The van der Waals surface area contributed by atoms with E-state index in [2.05, 4.69) is 25.9 Å². The third-order valence-corrected chi connectivity index (χ3v) is 5.20. The number of carbonyl (C=O) groups is 1. The third-order valence-electron chi connectivity index (χ3n) is 4.71. The molecule has 6 nitrogen and oxygen atoms in total. The number of amides is 1. The van der Waals surface area contributed by atoms with E-state index in [0.29, 0.717) is 22.6 Å². The number of piperidine rings is 1. The van der Waals surface area contributed by atoms with Gasteiger partial charge in [-0.2, -0.15) is 0 Å². The van der Waals surface area contributed by atoms with Crippen LogP contribution in [0.5, 0.6) is 0 Å². The Labute approximate surface area is 153 Å². The quantitative estimate of drug-likeness (QED) is 0.783. The van der Waals surface area contributed by atoms with Gasteiger partial charge in [-0.05, 0) is 57.7 Å². The van der Waals surface area contributed by atoms with Gasteiger partial charge in [0.1, 0.15) is 11.4 Å². The van der Waals surface area contributed by atoms with Crippen molar-refractivity contribution < 1.29 is 9.53 Å². The molecule has 3 atom stereocenters. The van der Waals surface area contributed by atoms with Crippen LogP contribution in [0.4, 0.5) is 4.79 Å². The maximum absolute atomic E-state index is 12.7. The third kappa shape index (κ3) is 3.05. The summed E-state index contributed by atoms with van der Waals surface area (Å²) in [7, 11) is 0. The number of ether oxygens (including phenoxy) is 1. The van der Waals surface area contributed by atoms with Crippen molar-refractivity contribution in [2.24, 2.45) is 5.92 Å². The average molecular weight is 406 g/mol.